The van der Waals surface area contributed by atoms with E-state index < -0.39 is 11.5 Å². The fraction of sp³-hybridized carbons (Fsp3) is 0.333. The van der Waals surface area contributed by atoms with Gasteiger partial charge in [-0.15, -0.1) is 0 Å². The van der Waals surface area contributed by atoms with Gasteiger partial charge in [0.15, 0.2) is 0 Å². The Morgan fingerprint density at radius 2 is 1.81 bits per heavy atom. The van der Waals surface area contributed by atoms with Crippen LogP contribution in [-0.2, 0) is 4.79 Å². The zero-order valence-corrected chi connectivity index (χ0v) is 22.3. The van der Waals surface area contributed by atoms with Crippen LogP contribution in [0.4, 0.5) is 10.1 Å². The number of rotatable bonds is 10. The number of nitrogens with one attached hydrogen (secondary N) is 3. The molecule has 6 heteroatoms. The molecule has 36 heavy (non-hydrogen) atoms. The quantitative estimate of drug-likeness (QED) is 0.241. The molecule has 0 aliphatic heterocycles. The monoisotopic (exact) mass is 491 g/mol. The zero-order chi connectivity index (χ0) is 27.0. The van der Waals surface area contributed by atoms with Crippen LogP contribution in [0.5, 0.6) is 5.75 Å². The van der Waals surface area contributed by atoms with E-state index in [1.807, 2.05) is 46.8 Å². The lowest BCUT2D eigenvalue weighted by Crippen LogP contribution is -2.44. The Balaban J connectivity index is 2.35. The fourth-order valence-electron chi connectivity index (χ4n) is 3.38. The van der Waals surface area contributed by atoms with Crippen LogP contribution in [0.15, 0.2) is 72.7 Å². The van der Waals surface area contributed by atoms with Gasteiger partial charge < -0.3 is 20.8 Å². The van der Waals surface area contributed by atoms with Gasteiger partial charge in [-0.3, -0.25) is 4.79 Å². The minimum absolute atomic E-state index is 0.0620. The number of amides is 1. The minimum atomic E-state index is -0.532. The van der Waals surface area contributed by atoms with Crippen molar-refractivity contribution >= 4 is 17.8 Å². The van der Waals surface area contributed by atoms with Gasteiger partial charge in [-0.2, -0.15) is 0 Å². The summed E-state index contributed by atoms with van der Waals surface area (Å²) in [5, 5.41) is 14.1. The van der Waals surface area contributed by atoms with Crippen LogP contribution in [0.2, 0.25) is 0 Å². The Hall–Kier alpha value is -3.67. The molecule has 3 N–H and O–H groups in total. The van der Waals surface area contributed by atoms with Gasteiger partial charge in [0.2, 0.25) is 5.91 Å². The molecular formula is C30H38FN3O2. The number of carbonyl (C=O) groups is 1. The van der Waals surface area contributed by atoms with Crippen LogP contribution < -0.4 is 15.4 Å². The number of hydrogen-bond donors (Lipinski definition) is 3. The molecule has 0 heterocycles. The maximum atomic E-state index is 13.4. The zero-order valence-electron chi connectivity index (χ0n) is 22.3. The smallest absolute Gasteiger partial charge is 0.225 e. The molecule has 0 radical (unpaired) electrons. The summed E-state index contributed by atoms with van der Waals surface area (Å²) in [7, 11) is 0. The van der Waals surface area contributed by atoms with Gasteiger partial charge in [-0.1, -0.05) is 51.6 Å². The number of ether oxygens (including phenoxy) is 1. The van der Waals surface area contributed by atoms with Crippen molar-refractivity contribution in [2.75, 3.05) is 5.32 Å². The number of anilines is 1. The summed E-state index contributed by atoms with van der Waals surface area (Å²) < 4.78 is 19.8. The molecule has 0 saturated carbocycles. The Morgan fingerprint density at radius 3 is 2.39 bits per heavy atom. The number of benzene rings is 2. The second-order valence-corrected chi connectivity index (χ2v) is 9.94. The highest BCUT2D eigenvalue weighted by molar-refractivity contribution is 5.87. The van der Waals surface area contributed by atoms with Gasteiger partial charge in [-0.25, -0.2) is 4.39 Å². The first-order valence-corrected chi connectivity index (χ1v) is 12.0. The van der Waals surface area contributed by atoms with Crippen LogP contribution in [0.1, 0.15) is 63.0 Å². The molecule has 2 atom stereocenters. The molecule has 5 nitrogen and oxygen atoms in total. The Kier molecular flexibility index (Phi) is 9.79. The lowest BCUT2D eigenvalue weighted by molar-refractivity contribution is -0.129. The van der Waals surface area contributed by atoms with E-state index in [2.05, 4.69) is 30.2 Å². The Morgan fingerprint density at radius 1 is 1.11 bits per heavy atom. The molecule has 0 aliphatic carbocycles. The molecule has 1 amide bonds. The molecule has 192 valence electrons. The van der Waals surface area contributed by atoms with E-state index in [-0.39, 0.29) is 17.8 Å². The summed E-state index contributed by atoms with van der Waals surface area (Å²) in [6, 6.07) is 11.2. The van der Waals surface area contributed by atoms with Crippen molar-refractivity contribution in [1.82, 2.24) is 5.32 Å². The maximum Gasteiger partial charge on any atom is 0.225 e. The first-order valence-electron chi connectivity index (χ1n) is 12.0. The van der Waals surface area contributed by atoms with Gasteiger partial charge in [-0.05, 0) is 74.7 Å². The molecule has 0 aliphatic rings. The van der Waals surface area contributed by atoms with Gasteiger partial charge in [0, 0.05) is 28.6 Å². The van der Waals surface area contributed by atoms with Crippen molar-refractivity contribution in [2.45, 2.75) is 60.6 Å². The number of halogens is 1. The maximum absolute atomic E-state index is 13.4. The first kappa shape index (κ1) is 28.6. The van der Waals surface area contributed by atoms with Gasteiger partial charge >= 0.3 is 0 Å². The minimum Gasteiger partial charge on any atom is -0.484 e. The van der Waals surface area contributed by atoms with Crippen molar-refractivity contribution < 1.29 is 13.9 Å². The number of aryl methyl sites for hydroxylation is 2. The Labute approximate surface area is 214 Å². The van der Waals surface area contributed by atoms with Crippen LogP contribution in [0, 0.1) is 24.7 Å². The van der Waals surface area contributed by atoms with Crippen molar-refractivity contribution in [2.24, 2.45) is 5.41 Å². The van der Waals surface area contributed by atoms with Crippen LogP contribution >= 0.6 is 0 Å². The van der Waals surface area contributed by atoms with Gasteiger partial charge in [0.05, 0.1) is 6.04 Å². The molecule has 0 fully saturated rings. The fourth-order valence-corrected chi connectivity index (χ4v) is 3.38. The topological polar surface area (TPSA) is 74.2 Å². The second kappa shape index (κ2) is 12.3. The van der Waals surface area contributed by atoms with Crippen LogP contribution in [0.3, 0.4) is 0 Å². The van der Waals surface area contributed by atoms with E-state index >= 15 is 0 Å². The lowest BCUT2D eigenvalue weighted by atomic mass is 9.93. The highest BCUT2D eigenvalue weighted by atomic mass is 19.1. The van der Waals surface area contributed by atoms with Crippen molar-refractivity contribution in [3.63, 3.8) is 0 Å². The third-order valence-corrected chi connectivity index (χ3v) is 5.81. The van der Waals surface area contributed by atoms with Gasteiger partial charge in [0.1, 0.15) is 17.7 Å². The third kappa shape index (κ3) is 7.94. The van der Waals surface area contributed by atoms with E-state index in [9.17, 15) is 9.18 Å². The standard InChI is InChI=1S/C30H38FN3O2/c1-9-25(31)13-11-21(4)33-27-15-14-26(17-24(27)18-32)36-28(22(5)34-29(35)30(6,7)8)23-12-10-19(2)20(3)16-23/h9-18,22,28,32-33H,4H2,1-3,5-8H3,(H,34,35)/b13-11-,25-9+,32-18?/t22?,28-/m0/s1. The molecular weight excluding hydrogens is 453 g/mol. The largest absolute Gasteiger partial charge is 0.484 e. The third-order valence-electron chi connectivity index (χ3n) is 5.81. The van der Waals surface area contributed by atoms with E-state index in [1.54, 1.807) is 25.1 Å². The van der Waals surface area contributed by atoms with Gasteiger partial charge in [0.25, 0.3) is 0 Å². The average molecular weight is 492 g/mol. The molecule has 2 aromatic carbocycles. The lowest BCUT2D eigenvalue weighted by Gasteiger charge is -2.29. The SMILES string of the molecule is C=C(/C=C\C(F)=C/C)Nc1ccc(O[C@H](c2ccc(C)c(C)c2)C(C)NC(=O)C(C)(C)C)cc1C=N. The summed E-state index contributed by atoms with van der Waals surface area (Å²) in [6.07, 6.45) is 4.97. The second-order valence-electron chi connectivity index (χ2n) is 9.94. The summed E-state index contributed by atoms with van der Waals surface area (Å²) in [5.74, 6) is 0.132. The number of hydrogen-bond acceptors (Lipinski definition) is 4. The van der Waals surface area contributed by atoms with E-state index in [4.69, 9.17) is 10.1 Å². The molecule has 2 aromatic rings. The first-order chi connectivity index (χ1) is 16.8. The molecule has 1 unspecified atom stereocenters. The molecule has 2 rings (SSSR count). The summed E-state index contributed by atoms with van der Waals surface area (Å²) in [4.78, 5) is 12.7. The van der Waals surface area contributed by atoms with Crippen LogP contribution in [-0.4, -0.2) is 18.2 Å². The van der Waals surface area contributed by atoms with Crippen LogP contribution in [0.25, 0.3) is 0 Å². The van der Waals surface area contributed by atoms with Crippen molar-refractivity contribution in [3.8, 4) is 5.75 Å². The van der Waals surface area contributed by atoms with E-state index in [0.29, 0.717) is 22.7 Å². The molecule has 0 bridgehead atoms. The average Bonchev–Trinajstić information content (AvgIpc) is 2.82. The number of carbonyl (C=O) groups excluding carboxylic acids is 1. The predicted molar refractivity (Wildman–Crippen MR) is 147 cm³/mol. The summed E-state index contributed by atoms with van der Waals surface area (Å²) in [6.45, 7) is 17.2. The van der Waals surface area contributed by atoms with E-state index in [1.165, 1.54) is 30.0 Å². The molecule has 0 spiro atoms. The highest BCUT2D eigenvalue weighted by Crippen LogP contribution is 2.30. The van der Waals surface area contributed by atoms with E-state index in [0.717, 1.165) is 11.1 Å². The highest BCUT2D eigenvalue weighted by Gasteiger charge is 2.28. The predicted octanol–water partition coefficient (Wildman–Crippen LogP) is 7.33. The van der Waals surface area contributed by atoms with Crippen molar-refractivity contribution in [3.05, 3.63) is 95.0 Å². The molecule has 0 aromatic heterocycles. The van der Waals surface area contributed by atoms with Crippen molar-refractivity contribution in [1.29, 1.82) is 5.41 Å². The Bertz CT molecular complexity index is 1180. The summed E-state index contributed by atoms with van der Waals surface area (Å²) >= 11 is 0. The summed E-state index contributed by atoms with van der Waals surface area (Å²) in [5.41, 5.74) is 4.43. The normalized spacial score (nSPS) is 13.7. The number of allylic oxidation sites excluding steroid dienone is 4. The molecule has 0 saturated heterocycles.